The molecule has 16 heavy (non-hydrogen) atoms. The van der Waals surface area contributed by atoms with Crippen molar-refractivity contribution in [3.8, 4) is 5.75 Å². The Morgan fingerprint density at radius 1 is 1.38 bits per heavy atom. The largest absolute Gasteiger partial charge is 0.465 e. The van der Waals surface area contributed by atoms with E-state index in [0.29, 0.717) is 5.75 Å². The Morgan fingerprint density at radius 2 is 1.94 bits per heavy atom. The van der Waals surface area contributed by atoms with Gasteiger partial charge in [0.1, 0.15) is 5.75 Å². The number of hydrogen-bond acceptors (Lipinski definition) is 5. The van der Waals surface area contributed by atoms with Crippen LogP contribution in [0.15, 0.2) is 24.3 Å². The molecule has 0 aromatic heterocycles. The Labute approximate surface area is 92.2 Å². The van der Waals surface area contributed by atoms with Crippen LogP contribution in [0.1, 0.15) is 13.3 Å². The van der Waals surface area contributed by atoms with Gasteiger partial charge in [-0.3, -0.25) is 10.1 Å². The van der Waals surface area contributed by atoms with Gasteiger partial charge in [0.15, 0.2) is 6.29 Å². The maximum Gasteiger partial charge on any atom is 0.269 e. The van der Waals surface area contributed by atoms with Crippen molar-refractivity contribution in [2.75, 3.05) is 0 Å². The molecule has 2 N–H and O–H groups in total. The average Bonchev–Trinajstić information content (AvgIpc) is 2.16. The van der Waals surface area contributed by atoms with E-state index in [0.717, 1.165) is 0 Å². The average molecular weight is 227 g/mol. The van der Waals surface area contributed by atoms with E-state index in [1.807, 2.05) is 0 Å². The van der Waals surface area contributed by atoms with Gasteiger partial charge in [-0.2, -0.15) is 0 Å². The predicted octanol–water partition coefficient (Wildman–Crippen LogP) is 1.06. The first kappa shape index (κ1) is 12.4. The predicted molar refractivity (Wildman–Crippen MR) is 56.0 cm³/mol. The van der Waals surface area contributed by atoms with E-state index in [-0.39, 0.29) is 12.1 Å². The third-order valence-electron chi connectivity index (χ3n) is 1.86. The summed E-state index contributed by atoms with van der Waals surface area (Å²) < 4.78 is 5.03. The first-order valence-corrected chi connectivity index (χ1v) is 4.76. The summed E-state index contributed by atoms with van der Waals surface area (Å²) in [5.41, 5.74) is -0.0441. The summed E-state index contributed by atoms with van der Waals surface area (Å²) >= 11 is 0. The standard InChI is InChI=1S/C10H13NO5/c1-7(12)6-10(13)16-9-4-2-8(3-5-9)11(14)15/h2-5,7,10,12-13H,6H2,1H3. The van der Waals surface area contributed by atoms with Gasteiger partial charge in [0.05, 0.1) is 11.0 Å². The molecule has 0 bridgehead atoms. The first-order chi connectivity index (χ1) is 7.49. The van der Waals surface area contributed by atoms with Crippen molar-refractivity contribution in [1.29, 1.82) is 0 Å². The summed E-state index contributed by atoms with van der Waals surface area (Å²) in [7, 11) is 0. The molecule has 1 aromatic rings. The summed E-state index contributed by atoms with van der Waals surface area (Å²) in [4.78, 5) is 9.84. The minimum Gasteiger partial charge on any atom is -0.465 e. The van der Waals surface area contributed by atoms with Gasteiger partial charge in [0.25, 0.3) is 5.69 Å². The van der Waals surface area contributed by atoms with E-state index in [9.17, 15) is 15.2 Å². The molecule has 0 radical (unpaired) electrons. The highest BCUT2D eigenvalue weighted by molar-refractivity contribution is 5.35. The minimum absolute atomic E-state index is 0.0441. The Morgan fingerprint density at radius 3 is 2.38 bits per heavy atom. The van der Waals surface area contributed by atoms with Crippen LogP contribution in [0.3, 0.4) is 0 Å². The maximum atomic E-state index is 10.4. The van der Waals surface area contributed by atoms with Crippen molar-refractivity contribution in [2.45, 2.75) is 25.7 Å². The number of rotatable bonds is 5. The van der Waals surface area contributed by atoms with Crippen LogP contribution in [0, 0.1) is 10.1 Å². The zero-order valence-corrected chi connectivity index (χ0v) is 8.74. The second kappa shape index (κ2) is 5.43. The number of hydrogen-bond donors (Lipinski definition) is 2. The lowest BCUT2D eigenvalue weighted by Gasteiger charge is -2.14. The molecule has 2 unspecified atom stereocenters. The van der Waals surface area contributed by atoms with Crippen molar-refractivity contribution in [3.63, 3.8) is 0 Å². The number of nitro benzene ring substituents is 1. The van der Waals surface area contributed by atoms with Gasteiger partial charge in [-0.15, -0.1) is 0 Å². The second-order valence-electron chi connectivity index (χ2n) is 3.41. The lowest BCUT2D eigenvalue weighted by Crippen LogP contribution is -2.21. The van der Waals surface area contributed by atoms with Gasteiger partial charge in [0, 0.05) is 18.6 Å². The highest BCUT2D eigenvalue weighted by Gasteiger charge is 2.10. The van der Waals surface area contributed by atoms with Crippen LogP contribution >= 0.6 is 0 Å². The lowest BCUT2D eigenvalue weighted by molar-refractivity contribution is -0.384. The molecule has 0 saturated heterocycles. The highest BCUT2D eigenvalue weighted by atomic mass is 16.6. The van der Waals surface area contributed by atoms with Crippen molar-refractivity contribution in [3.05, 3.63) is 34.4 Å². The van der Waals surface area contributed by atoms with Gasteiger partial charge >= 0.3 is 0 Å². The Balaban J connectivity index is 2.58. The fourth-order valence-electron chi connectivity index (χ4n) is 1.14. The normalized spacial score (nSPS) is 14.2. The number of aliphatic hydroxyl groups is 2. The fourth-order valence-corrected chi connectivity index (χ4v) is 1.14. The molecule has 0 aliphatic rings. The van der Waals surface area contributed by atoms with Crippen LogP contribution in [-0.2, 0) is 0 Å². The molecule has 1 rings (SSSR count). The molecule has 0 aliphatic carbocycles. The Kier molecular flexibility index (Phi) is 4.21. The number of benzene rings is 1. The highest BCUT2D eigenvalue weighted by Crippen LogP contribution is 2.18. The maximum absolute atomic E-state index is 10.4. The molecule has 0 heterocycles. The van der Waals surface area contributed by atoms with Crippen LogP contribution in [-0.4, -0.2) is 27.5 Å². The summed E-state index contributed by atoms with van der Waals surface area (Å²) in [6.45, 7) is 1.53. The summed E-state index contributed by atoms with van der Waals surface area (Å²) in [6, 6.07) is 5.35. The molecule has 0 amide bonds. The van der Waals surface area contributed by atoms with Gasteiger partial charge in [0.2, 0.25) is 0 Å². The van der Waals surface area contributed by atoms with Crippen LogP contribution < -0.4 is 4.74 Å². The lowest BCUT2D eigenvalue weighted by atomic mass is 10.3. The third kappa shape index (κ3) is 3.84. The molecule has 2 atom stereocenters. The number of ether oxygens (including phenoxy) is 1. The quantitative estimate of drug-likeness (QED) is 0.445. The Hall–Kier alpha value is -1.66. The van der Waals surface area contributed by atoms with Crippen LogP contribution in [0.4, 0.5) is 5.69 Å². The minimum atomic E-state index is -1.12. The van der Waals surface area contributed by atoms with E-state index in [1.165, 1.54) is 31.2 Å². The van der Waals surface area contributed by atoms with Gasteiger partial charge < -0.3 is 14.9 Å². The molecule has 0 spiro atoms. The van der Waals surface area contributed by atoms with Crippen LogP contribution in [0.2, 0.25) is 0 Å². The van der Waals surface area contributed by atoms with Crippen molar-refractivity contribution in [2.24, 2.45) is 0 Å². The van der Waals surface area contributed by atoms with Crippen LogP contribution in [0.5, 0.6) is 5.75 Å². The third-order valence-corrected chi connectivity index (χ3v) is 1.86. The zero-order valence-electron chi connectivity index (χ0n) is 8.74. The smallest absolute Gasteiger partial charge is 0.269 e. The van der Waals surface area contributed by atoms with Gasteiger partial charge in [-0.1, -0.05) is 0 Å². The van der Waals surface area contributed by atoms with Crippen LogP contribution in [0.25, 0.3) is 0 Å². The van der Waals surface area contributed by atoms with Crippen molar-refractivity contribution >= 4 is 5.69 Å². The monoisotopic (exact) mass is 227 g/mol. The van der Waals surface area contributed by atoms with E-state index in [4.69, 9.17) is 9.84 Å². The molecular formula is C10H13NO5. The SMILES string of the molecule is CC(O)CC(O)Oc1ccc([N+](=O)[O-])cc1. The number of aliphatic hydroxyl groups excluding tert-OH is 2. The molecule has 0 fully saturated rings. The molecule has 0 aliphatic heterocycles. The Bertz CT molecular complexity index is 349. The van der Waals surface area contributed by atoms with Gasteiger partial charge in [-0.05, 0) is 19.1 Å². The number of nitrogens with zero attached hydrogens (tertiary/aromatic N) is 1. The van der Waals surface area contributed by atoms with E-state index in [2.05, 4.69) is 0 Å². The van der Waals surface area contributed by atoms with Gasteiger partial charge in [-0.25, -0.2) is 0 Å². The molecule has 88 valence electrons. The number of nitro groups is 1. The summed E-state index contributed by atoms with van der Waals surface area (Å²) in [5.74, 6) is 0.318. The summed E-state index contributed by atoms with van der Waals surface area (Å²) in [6.07, 6.45) is -1.72. The molecule has 6 nitrogen and oxygen atoms in total. The first-order valence-electron chi connectivity index (χ1n) is 4.76. The van der Waals surface area contributed by atoms with Crippen molar-refractivity contribution in [1.82, 2.24) is 0 Å². The van der Waals surface area contributed by atoms with E-state index in [1.54, 1.807) is 0 Å². The molecular weight excluding hydrogens is 214 g/mol. The fraction of sp³-hybridized carbons (Fsp3) is 0.400. The number of non-ortho nitro benzene ring substituents is 1. The van der Waals surface area contributed by atoms with E-state index >= 15 is 0 Å². The second-order valence-corrected chi connectivity index (χ2v) is 3.41. The van der Waals surface area contributed by atoms with E-state index < -0.39 is 17.3 Å². The molecule has 0 saturated carbocycles. The van der Waals surface area contributed by atoms with Crippen molar-refractivity contribution < 1.29 is 19.9 Å². The molecule has 6 heteroatoms. The summed E-state index contributed by atoms with van der Waals surface area (Å²) in [5, 5.41) is 28.7. The topological polar surface area (TPSA) is 92.8 Å². The zero-order chi connectivity index (χ0) is 12.1. The molecule has 1 aromatic carbocycles.